The summed E-state index contributed by atoms with van der Waals surface area (Å²) in [6, 6.07) is 0. The van der Waals surface area contributed by atoms with Crippen molar-refractivity contribution in [3.8, 4) is 0 Å². The van der Waals surface area contributed by atoms with Crippen molar-refractivity contribution in [1.29, 1.82) is 0 Å². The highest BCUT2D eigenvalue weighted by Crippen LogP contribution is 2.25. The van der Waals surface area contributed by atoms with Gasteiger partial charge in [-0.3, -0.25) is 0 Å². The van der Waals surface area contributed by atoms with Gasteiger partial charge in [0, 0.05) is 18.8 Å². The van der Waals surface area contributed by atoms with Gasteiger partial charge in [0.05, 0.1) is 13.2 Å². The summed E-state index contributed by atoms with van der Waals surface area (Å²) in [7, 11) is 0. The molecular weight excluding hydrogens is 174 g/mol. The van der Waals surface area contributed by atoms with Gasteiger partial charge in [0.25, 0.3) is 0 Å². The highest BCUT2D eigenvalue weighted by molar-refractivity contribution is 5.28. The summed E-state index contributed by atoms with van der Waals surface area (Å²) < 4.78 is 5.33. The van der Waals surface area contributed by atoms with Crippen molar-refractivity contribution in [3.05, 3.63) is 23.9 Å². The Morgan fingerprint density at radius 1 is 1.29 bits per heavy atom. The summed E-state index contributed by atoms with van der Waals surface area (Å²) in [4.78, 5) is 2.36. The van der Waals surface area contributed by atoms with Gasteiger partial charge in [0.2, 0.25) is 0 Å². The van der Waals surface area contributed by atoms with Gasteiger partial charge in [0.15, 0.2) is 0 Å². The molecule has 1 aliphatic carbocycles. The monoisotopic (exact) mass is 193 g/mol. The minimum absolute atomic E-state index is 0.853. The van der Waals surface area contributed by atoms with Crippen LogP contribution in [0.2, 0.25) is 0 Å². The number of nitrogens with zero attached hydrogens (tertiary/aromatic N) is 1. The van der Waals surface area contributed by atoms with Gasteiger partial charge in [-0.25, -0.2) is 0 Å². The molecule has 0 saturated carbocycles. The van der Waals surface area contributed by atoms with Gasteiger partial charge >= 0.3 is 0 Å². The maximum absolute atomic E-state index is 5.33. The normalized spacial score (nSPS) is 23.1. The summed E-state index contributed by atoms with van der Waals surface area (Å²) in [5.41, 5.74) is 2.71. The molecule has 0 aromatic heterocycles. The largest absolute Gasteiger partial charge is 0.378 e. The Morgan fingerprint density at radius 2 is 2.07 bits per heavy atom. The lowest BCUT2D eigenvalue weighted by Gasteiger charge is -2.32. The van der Waals surface area contributed by atoms with E-state index in [-0.39, 0.29) is 0 Å². The van der Waals surface area contributed by atoms with Crippen LogP contribution in [0.5, 0.6) is 0 Å². The third-order valence-electron chi connectivity index (χ3n) is 3.05. The molecule has 1 fully saturated rings. The molecule has 2 nitrogen and oxygen atoms in total. The van der Waals surface area contributed by atoms with E-state index < -0.39 is 0 Å². The molecule has 0 bridgehead atoms. The first-order valence-electron chi connectivity index (χ1n) is 5.59. The molecule has 2 heteroatoms. The number of hydrogen-bond acceptors (Lipinski definition) is 2. The van der Waals surface area contributed by atoms with Crippen LogP contribution in [0, 0.1) is 0 Å². The summed E-state index contributed by atoms with van der Waals surface area (Å²) in [6.45, 7) is 7.93. The van der Waals surface area contributed by atoms with Crippen LogP contribution in [-0.4, -0.2) is 31.2 Å². The van der Waals surface area contributed by atoms with Crippen LogP contribution in [0.3, 0.4) is 0 Å². The molecule has 0 N–H and O–H groups in total. The first kappa shape index (κ1) is 9.78. The first-order chi connectivity index (χ1) is 6.88. The minimum Gasteiger partial charge on any atom is -0.378 e. The lowest BCUT2D eigenvalue weighted by Crippen LogP contribution is -2.35. The van der Waals surface area contributed by atoms with E-state index in [9.17, 15) is 0 Å². The van der Waals surface area contributed by atoms with Gasteiger partial charge in [-0.1, -0.05) is 12.7 Å². The zero-order valence-electron chi connectivity index (χ0n) is 8.80. The molecule has 0 radical (unpaired) electrons. The second-order valence-corrected chi connectivity index (χ2v) is 4.02. The van der Waals surface area contributed by atoms with Crippen LogP contribution >= 0.6 is 0 Å². The summed E-state index contributed by atoms with van der Waals surface area (Å²) in [5.74, 6) is 0. The average Bonchev–Trinajstić information content (AvgIpc) is 2.30. The van der Waals surface area contributed by atoms with Crippen LogP contribution in [0.4, 0.5) is 0 Å². The number of allylic oxidation sites excluding steroid dienone is 2. The molecule has 0 unspecified atom stereocenters. The van der Waals surface area contributed by atoms with Gasteiger partial charge < -0.3 is 9.64 Å². The Morgan fingerprint density at radius 3 is 2.71 bits per heavy atom. The molecule has 78 valence electrons. The second kappa shape index (κ2) is 4.65. The Labute approximate surface area is 86.2 Å². The van der Waals surface area contributed by atoms with Gasteiger partial charge in [-0.2, -0.15) is 0 Å². The smallest absolute Gasteiger partial charge is 0.0642 e. The van der Waals surface area contributed by atoms with E-state index in [2.05, 4.69) is 17.6 Å². The molecule has 0 aromatic rings. The molecular formula is C12H19NO. The number of ether oxygens (including phenoxy) is 1. The van der Waals surface area contributed by atoms with Crippen LogP contribution in [0.15, 0.2) is 23.9 Å². The van der Waals surface area contributed by atoms with E-state index in [1.54, 1.807) is 0 Å². The van der Waals surface area contributed by atoms with Crippen LogP contribution in [0.25, 0.3) is 0 Å². The highest BCUT2D eigenvalue weighted by atomic mass is 16.5. The third kappa shape index (κ3) is 2.18. The first-order valence-corrected chi connectivity index (χ1v) is 5.59. The van der Waals surface area contributed by atoms with Crippen molar-refractivity contribution in [2.24, 2.45) is 0 Å². The van der Waals surface area contributed by atoms with E-state index in [0.29, 0.717) is 0 Å². The fourth-order valence-electron chi connectivity index (χ4n) is 2.14. The molecule has 1 aliphatic heterocycles. The number of rotatable bonds is 2. The third-order valence-corrected chi connectivity index (χ3v) is 3.05. The van der Waals surface area contributed by atoms with E-state index in [1.165, 1.54) is 37.0 Å². The molecule has 0 amide bonds. The summed E-state index contributed by atoms with van der Waals surface area (Å²) in [5, 5.41) is 0. The lowest BCUT2D eigenvalue weighted by atomic mass is 9.97. The molecule has 1 heterocycles. The Balaban J connectivity index is 1.95. The Bertz CT molecular complexity index is 239. The quantitative estimate of drug-likeness (QED) is 0.667. The summed E-state index contributed by atoms with van der Waals surface area (Å²) >= 11 is 0. The molecule has 2 rings (SSSR count). The van der Waals surface area contributed by atoms with Crippen molar-refractivity contribution in [1.82, 2.24) is 4.90 Å². The topological polar surface area (TPSA) is 12.5 Å². The fraction of sp³-hybridized carbons (Fsp3) is 0.667. The van der Waals surface area contributed by atoms with Crippen molar-refractivity contribution in [2.75, 3.05) is 26.3 Å². The maximum atomic E-state index is 5.33. The minimum atomic E-state index is 0.853. The van der Waals surface area contributed by atoms with Gasteiger partial charge in [-0.15, -0.1) is 0 Å². The van der Waals surface area contributed by atoms with E-state index in [4.69, 9.17) is 4.74 Å². The molecule has 2 aliphatic rings. The van der Waals surface area contributed by atoms with Gasteiger partial charge in [0.1, 0.15) is 0 Å². The molecule has 0 aromatic carbocycles. The molecule has 0 spiro atoms. The predicted molar refractivity (Wildman–Crippen MR) is 58.1 cm³/mol. The van der Waals surface area contributed by atoms with Crippen molar-refractivity contribution in [2.45, 2.75) is 25.7 Å². The second-order valence-electron chi connectivity index (χ2n) is 4.02. The summed E-state index contributed by atoms with van der Waals surface area (Å²) in [6.07, 6.45) is 7.49. The standard InChI is InChI=1S/C12H19NO/c1-11(12-5-3-2-4-6-12)13-7-9-14-10-8-13/h5H,1-4,6-10H2. The number of morpholine rings is 1. The highest BCUT2D eigenvalue weighted by Gasteiger charge is 2.16. The van der Waals surface area contributed by atoms with Crippen molar-refractivity contribution in [3.63, 3.8) is 0 Å². The molecule has 1 saturated heterocycles. The number of hydrogen-bond donors (Lipinski definition) is 0. The SMILES string of the molecule is C=C(C1=CCCCC1)N1CCOCC1. The average molecular weight is 193 g/mol. The predicted octanol–water partition coefficient (Wildman–Crippen LogP) is 2.33. The van der Waals surface area contributed by atoms with Crippen molar-refractivity contribution < 1.29 is 4.74 Å². The molecule has 14 heavy (non-hydrogen) atoms. The zero-order valence-corrected chi connectivity index (χ0v) is 8.80. The van der Waals surface area contributed by atoms with Crippen LogP contribution < -0.4 is 0 Å². The van der Waals surface area contributed by atoms with Crippen molar-refractivity contribution >= 4 is 0 Å². The van der Waals surface area contributed by atoms with E-state index in [0.717, 1.165) is 26.3 Å². The Hall–Kier alpha value is -0.760. The maximum Gasteiger partial charge on any atom is 0.0642 e. The van der Waals surface area contributed by atoms with E-state index in [1.807, 2.05) is 0 Å². The zero-order chi connectivity index (χ0) is 9.80. The van der Waals surface area contributed by atoms with E-state index >= 15 is 0 Å². The van der Waals surface area contributed by atoms with Gasteiger partial charge in [-0.05, 0) is 31.3 Å². The Kier molecular flexibility index (Phi) is 3.25. The fourth-order valence-corrected chi connectivity index (χ4v) is 2.14. The van der Waals surface area contributed by atoms with Crippen LogP contribution in [0.1, 0.15) is 25.7 Å². The molecule has 0 atom stereocenters. The van der Waals surface area contributed by atoms with Crippen LogP contribution in [-0.2, 0) is 4.74 Å². The lowest BCUT2D eigenvalue weighted by molar-refractivity contribution is 0.0547.